The van der Waals surface area contributed by atoms with Crippen LogP contribution in [0.15, 0.2) is 12.2 Å². The van der Waals surface area contributed by atoms with Crippen molar-refractivity contribution in [1.29, 1.82) is 0 Å². The molecule has 3 nitrogen and oxygen atoms in total. The molecule has 0 rings (SSSR count). The van der Waals surface area contributed by atoms with Gasteiger partial charge in [0, 0.05) is 0 Å². The molecule has 0 saturated carbocycles. The Balaban J connectivity index is 3.64. The molecule has 0 fully saturated rings. The van der Waals surface area contributed by atoms with Crippen LogP contribution in [0.25, 0.3) is 0 Å². The van der Waals surface area contributed by atoms with Crippen LogP contribution in [0.2, 0.25) is 0 Å². The molecule has 0 aromatic heterocycles. The van der Waals surface area contributed by atoms with Gasteiger partial charge in [0.15, 0.2) is 0 Å². The molecule has 76 valence electrons. The van der Waals surface area contributed by atoms with Crippen LogP contribution >= 0.6 is 0 Å². The smallest absolute Gasteiger partial charge is 0.323 e. The fourth-order valence-corrected chi connectivity index (χ4v) is 0.979. The summed E-state index contributed by atoms with van der Waals surface area (Å²) in [6.45, 7) is 3.62. The van der Waals surface area contributed by atoms with E-state index in [0.717, 1.165) is 19.3 Å². The number of hydrogen-bond acceptors (Lipinski definition) is 2. The molecule has 0 aliphatic carbocycles. The molecule has 13 heavy (non-hydrogen) atoms. The minimum Gasteiger partial charge on any atom is -0.480 e. The lowest BCUT2D eigenvalue weighted by molar-refractivity contribution is -0.142. The average molecular weight is 185 g/mol. The first-order chi connectivity index (χ1) is 6.00. The van der Waals surface area contributed by atoms with E-state index in [4.69, 9.17) is 10.8 Å². The van der Waals surface area contributed by atoms with E-state index in [2.05, 4.69) is 19.1 Å². The molecule has 1 atom stereocenters. The maximum atomic E-state index is 10.6. The standard InChI is InChI=1S/C10H19NO2/c1-3-4-5-6-7-8-10(2,11)9(12)13/h4-5H,3,6-8,11H2,1-2H3,(H,12,13)/b5-4+/t10-/m0/s1. The molecule has 0 aromatic carbocycles. The predicted molar refractivity (Wildman–Crippen MR) is 53.5 cm³/mol. The molecule has 0 saturated heterocycles. The zero-order valence-corrected chi connectivity index (χ0v) is 8.42. The second kappa shape index (κ2) is 5.75. The highest BCUT2D eigenvalue weighted by atomic mass is 16.4. The van der Waals surface area contributed by atoms with E-state index in [0.29, 0.717) is 6.42 Å². The van der Waals surface area contributed by atoms with Gasteiger partial charge in [0.25, 0.3) is 0 Å². The van der Waals surface area contributed by atoms with Gasteiger partial charge in [-0.05, 0) is 32.6 Å². The zero-order chi connectivity index (χ0) is 10.3. The second-order valence-corrected chi connectivity index (χ2v) is 3.49. The Hall–Kier alpha value is -0.830. The lowest BCUT2D eigenvalue weighted by Crippen LogP contribution is -2.44. The highest BCUT2D eigenvalue weighted by Gasteiger charge is 2.26. The van der Waals surface area contributed by atoms with Crippen LogP contribution in [0.1, 0.15) is 39.5 Å². The number of hydrogen-bond donors (Lipinski definition) is 2. The summed E-state index contributed by atoms with van der Waals surface area (Å²) in [6.07, 6.45) is 7.44. The van der Waals surface area contributed by atoms with Crippen molar-refractivity contribution < 1.29 is 9.90 Å². The number of carbonyl (C=O) groups is 1. The van der Waals surface area contributed by atoms with Gasteiger partial charge in [0.2, 0.25) is 0 Å². The number of nitrogens with two attached hydrogens (primary N) is 1. The third-order valence-corrected chi connectivity index (χ3v) is 1.96. The Morgan fingerprint density at radius 2 is 2.15 bits per heavy atom. The van der Waals surface area contributed by atoms with E-state index in [1.165, 1.54) is 0 Å². The molecule has 0 unspecified atom stereocenters. The van der Waals surface area contributed by atoms with Gasteiger partial charge in [-0.15, -0.1) is 0 Å². The maximum absolute atomic E-state index is 10.6. The van der Waals surface area contributed by atoms with Gasteiger partial charge in [-0.1, -0.05) is 19.1 Å². The molecule has 0 aliphatic heterocycles. The quantitative estimate of drug-likeness (QED) is 0.491. The van der Waals surface area contributed by atoms with E-state index >= 15 is 0 Å². The monoisotopic (exact) mass is 185 g/mol. The molecule has 0 aliphatic rings. The lowest BCUT2D eigenvalue weighted by atomic mass is 9.96. The van der Waals surface area contributed by atoms with Gasteiger partial charge in [0.1, 0.15) is 5.54 Å². The molecular weight excluding hydrogens is 166 g/mol. The van der Waals surface area contributed by atoms with Crippen molar-refractivity contribution in [2.24, 2.45) is 5.73 Å². The third kappa shape index (κ3) is 5.42. The number of carboxylic acids is 1. The highest BCUT2D eigenvalue weighted by molar-refractivity contribution is 5.77. The Morgan fingerprint density at radius 1 is 1.54 bits per heavy atom. The van der Waals surface area contributed by atoms with Gasteiger partial charge >= 0.3 is 5.97 Å². The largest absolute Gasteiger partial charge is 0.480 e. The fraction of sp³-hybridized carbons (Fsp3) is 0.700. The molecular formula is C10H19NO2. The van der Waals surface area contributed by atoms with Crippen LogP contribution in [0.5, 0.6) is 0 Å². The van der Waals surface area contributed by atoms with Crippen molar-refractivity contribution in [3.8, 4) is 0 Å². The topological polar surface area (TPSA) is 63.3 Å². The van der Waals surface area contributed by atoms with Crippen LogP contribution in [0.4, 0.5) is 0 Å². The molecule has 0 radical (unpaired) electrons. The van der Waals surface area contributed by atoms with E-state index in [1.807, 2.05) is 0 Å². The van der Waals surface area contributed by atoms with Crippen molar-refractivity contribution in [2.45, 2.75) is 45.1 Å². The van der Waals surface area contributed by atoms with Crippen LogP contribution < -0.4 is 5.73 Å². The van der Waals surface area contributed by atoms with E-state index in [1.54, 1.807) is 6.92 Å². The van der Waals surface area contributed by atoms with Crippen molar-refractivity contribution in [3.05, 3.63) is 12.2 Å². The van der Waals surface area contributed by atoms with Gasteiger partial charge in [-0.2, -0.15) is 0 Å². The first-order valence-corrected chi connectivity index (χ1v) is 4.68. The molecule has 0 bridgehead atoms. The van der Waals surface area contributed by atoms with Gasteiger partial charge in [0.05, 0.1) is 0 Å². The van der Waals surface area contributed by atoms with Gasteiger partial charge < -0.3 is 10.8 Å². The summed E-state index contributed by atoms with van der Waals surface area (Å²) in [5.41, 5.74) is 4.48. The number of unbranched alkanes of at least 4 members (excludes halogenated alkanes) is 1. The van der Waals surface area contributed by atoms with Crippen molar-refractivity contribution >= 4 is 5.97 Å². The first kappa shape index (κ1) is 12.2. The molecule has 0 amide bonds. The highest BCUT2D eigenvalue weighted by Crippen LogP contribution is 2.11. The predicted octanol–water partition coefficient (Wildman–Crippen LogP) is 1.92. The molecule has 3 heteroatoms. The van der Waals surface area contributed by atoms with E-state index in [9.17, 15) is 4.79 Å². The Kier molecular flexibility index (Phi) is 5.39. The fourth-order valence-electron chi connectivity index (χ4n) is 0.979. The summed E-state index contributed by atoms with van der Waals surface area (Å²) in [7, 11) is 0. The van der Waals surface area contributed by atoms with E-state index < -0.39 is 11.5 Å². The number of aliphatic carboxylic acids is 1. The van der Waals surface area contributed by atoms with Crippen molar-refractivity contribution in [1.82, 2.24) is 0 Å². The summed E-state index contributed by atoms with van der Waals surface area (Å²) >= 11 is 0. The normalized spacial score (nSPS) is 15.9. The number of allylic oxidation sites excluding steroid dienone is 2. The Bertz CT molecular complexity index is 185. The SMILES string of the molecule is CC/C=C/CCC[C@](C)(N)C(=O)O. The molecule has 0 aromatic rings. The summed E-state index contributed by atoms with van der Waals surface area (Å²) in [4.78, 5) is 10.6. The number of carboxylic acid groups (broad SMARTS) is 1. The molecule has 0 heterocycles. The lowest BCUT2D eigenvalue weighted by Gasteiger charge is -2.17. The minimum absolute atomic E-state index is 0.524. The Labute approximate surface area is 79.6 Å². The zero-order valence-electron chi connectivity index (χ0n) is 8.42. The van der Waals surface area contributed by atoms with Crippen LogP contribution in [-0.4, -0.2) is 16.6 Å². The minimum atomic E-state index is -1.07. The number of rotatable bonds is 6. The van der Waals surface area contributed by atoms with E-state index in [-0.39, 0.29) is 0 Å². The summed E-state index contributed by atoms with van der Waals surface area (Å²) in [5, 5.41) is 8.70. The van der Waals surface area contributed by atoms with Gasteiger partial charge in [-0.3, -0.25) is 4.79 Å². The van der Waals surface area contributed by atoms with Crippen LogP contribution in [-0.2, 0) is 4.79 Å². The molecule has 0 spiro atoms. The van der Waals surface area contributed by atoms with Crippen molar-refractivity contribution in [2.75, 3.05) is 0 Å². The first-order valence-electron chi connectivity index (χ1n) is 4.68. The van der Waals surface area contributed by atoms with Crippen molar-refractivity contribution in [3.63, 3.8) is 0 Å². The summed E-state index contributed by atoms with van der Waals surface area (Å²) < 4.78 is 0. The average Bonchev–Trinajstić information content (AvgIpc) is 2.03. The summed E-state index contributed by atoms with van der Waals surface area (Å²) in [5.74, 6) is -0.924. The Morgan fingerprint density at radius 3 is 2.62 bits per heavy atom. The maximum Gasteiger partial charge on any atom is 0.323 e. The van der Waals surface area contributed by atoms with Crippen LogP contribution in [0.3, 0.4) is 0 Å². The second-order valence-electron chi connectivity index (χ2n) is 3.49. The summed E-state index contributed by atoms with van der Waals surface area (Å²) in [6, 6.07) is 0. The van der Waals surface area contributed by atoms with Crippen LogP contribution in [0, 0.1) is 0 Å². The van der Waals surface area contributed by atoms with Gasteiger partial charge in [-0.25, -0.2) is 0 Å². The molecule has 3 N–H and O–H groups in total. The third-order valence-electron chi connectivity index (χ3n) is 1.96.